The lowest BCUT2D eigenvalue weighted by Crippen LogP contribution is -2.35. The van der Waals surface area contributed by atoms with E-state index in [-0.39, 0.29) is 18.8 Å². The van der Waals surface area contributed by atoms with E-state index in [2.05, 4.69) is 0 Å². The van der Waals surface area contributed by atoms with E-state index in [9.17, 15) is 20.1 Å². The lowest BCUT2D eigenvalue weighted by atomic mass is 10.1. The normalized spacial score (nSPS) is 11.8. The molecule has 0 aliphatic carbocycles. The molecule has 2 aromatic carbocycles. The van der Waals surface area contributed by atoms with Crippen LogP contribution in [0.5, 0.6) is 11.5 Å². The number of ether oxygens (including phenoxy) is 1. The molecule has 0 radical (unpaired) electrons. The summed E-state index contributed by atoms with van der Waals surface area (Å²) in [6.45, 7) is 0.131. The van der Waals surface area contributed by atoms with E-state index < -0.39 is 12.2 Å². The maximum atomic E-state index is 11.5. The molecule has 1 amide bonds. The number of rotatable bonds is 7. The summed E-state index contributed by atoms with van der Waals surface area (Å²) in [5, 5.41) is 29.7. The number of carboxylic acid groups (broad SMARTS) is 1. The van der Waals surface area contributed by atoms with E-state index in [4.69, 9.17) is 16.3 Å². The fourth-order valence-corrected chi connectivity index (χ4v) is 2.63. The highest BCUT2D eigenvalue weighted by atomic mass is 35.5. The maximum absolute atomic E-state index is 11.5. The second kappa shape index (κ2) is 8.60. The van der Waals surface area contributed by atoms with Gasteiger partial charge in [-0.05, 0) is 41.8 Å². The molecule has 0 aliphatic heterocycles. The van der Waals surface area contributed by atoms with Gasteiger partial charge in [-0.1, -0.05) is 29.8 Å². The monoisotopic (exact) mass is 365 g/mol. The SMILES string of the molecule is COc1cc(CCN(C[C@@H](O)c2cccc(Cl)c2)C(=O)O)ccc1O. The first-order chi connectivity index (χ1) is 11.9. The Bertz CT molecular complexity index is 737. The van der Waals surface area contributed by atoms with Crippen molar-refractivity contribution in [2.24, 2.45) is 0 Å². The number of amides is 1. The molecule has 3 N–H and O–H groups in total. The third-order valence-electron chi connectivity index (χ3n) is 3.81. The Hall–Kier alpha value is -2.44. The molecule has 2 rings (SSSR count). The Morgan fingerprint density at radius 1 is 1.28 bits per heavy atom. The predicted molar refractivity (Wildman–Crippen MR) is 94.4 cm³/mol. The average molecular weight is 366 g/mol. The van der Waals surface area contributed by atoms with E-state index in [1.165, 1.54) is 13.2 Å². The standard InChI is InChI=1S/C18H20ClNO5/c1-25-17-9-12(5-6-15(17)21)7-8-20(18(23)24)11-16(22)13-3-2-4-14(19)10-13/h2-6,9-10,16,21-22H,7-8,11H2,1H3,(H,23,24)/t16-/m1/s1. The summed E-state index contributed by atoms with van der Waals surface area (Å²) in [5.74, 6) is 0.357. The predicted octanol–water partition coefficient (Wildman–Crippen LogP) is 3.31. The third-order valence-corrected chi connectivity index (χ3v) is 4.05. The first-order valence-electron chi connectivity index (χ1n) is 7.68. The van der Waals surface area contributed by atoms with Crippen LogP contribution in [0, 0.1) is 0 Å². The largest absolute Gasteiger partial charge is 0.504 e. The van der Waals surface area contributed by atoms with Gasteiger partial charge in [0.05, 0.1) is 19.8 Å². The fraction of sp³-hybridized carbons (Fsp3) is 0.278. The van der Waals surface area contributed by atoms with Crippen molar-refractivity contribution in [1.82, 2.24) is 4.90 Å². The summed E-state index contributed by atoms with van der Waals surface area (Å²) in [4.78, 5) is 12.6. The van der Waals surface area contributed by atoms with Crippen LogP contribution in [0.1, 0.15) is 17.2 Å². The first kappa shape index (κ1) is 18.9. The molecule has 0 fully saturated rings. The Morgan fingerprint density at radius 2 is 2.04 bits per heavy atom. The summed E-state index contributed by atoms with van der Waals surface area (Å²) in [5.41, 5.74) is 1.38. The molecular weight excluding hydrogens is 346 g/mol. The van der Waals surface area contributed by atoms with Gasteiger partial charge in [-0.15, -0.1) is 0 Å². The number of aliphatic hydroxyl groups is 1. The zero-order valence-electron chi connectivity index (χ0n) is 13.7. The van der Waals surface area contributed by atoms with E-state index >= 15 is 0 Å². The highest BCUT2D eigenvalue weighted by Crippen LogP contribution is 2.26. The van der Waals surface area contributed by atoms with Gasteiger partial charge in [-0.3, -0.25) is 0 Å². The number of phenols is 1. The number of aliphatic hydroxyl groups excluding tert-OH is 1. The summed E-state index contributed by atoms with van der Waals surface area (Å²) in [7, 11) is 1.45. The van der Waals surface area contributed by atoms with Crippen molar-refractivity contribution < 1.29 is 24.9 Å². The van der Waals surface area contributed by atoms with E-state index in [1.807, 2.05) is 0 Å². The van der Waals surface area contributed by atoms with Crippen molar-refractivity contribution >= 4 is 17.7 Å². The van der Waals surface area contributed by atoms with Crippen LogP contribution in [0.25, 0.3) is 0 Å². The van der Waals surface area contributed by atoms with Crippen LogP contribution in [-0.4, -0.2) is 46.5 Å². The van der Waals surface area contributed by atoms with Gasteiger partial charge in [-0.2, -0.15) is 0 Å². The molecule has 0 aliphatic rings. The van der Waals surface area contributed by atoms with E-state index in [0.717, 1.165) is 10.5 Å². The molecule has 0 bridgehead atoms. The molecule has 0 heterocycles. The summed E-state index contributed by atoms with van der Waals surface area (Å²) in [6, 6.07) is 11.5. The maximum Gasteiger partial charge on any atom is 0.407 e. The molecule has 134 valence electrons. The molecule has 6 nitrogen and oxygen atoms in total. The number of aromatic hydroxyl groups is 1. The van der Waals surface area contributed by atoms with Crippen LogP contribution < -0.4 is 4.74 Å². The number of hydrogen-bond donors (Lipinski definition) is 3. The topological polar surface area (TPSA) is 90.2 Å². The van der Waals surface area contributed by atoms with Crippen LogP contribution in [0.15, 0.2) is 42.5 Å². The minimum atomic E-state index is -1.12. The van der Waals surface area contributed by atoms with E-state index in [0.29, 0.717) is 22.8 Å². The third kappa shape index (κ3) is 5.27. The van der Waals surface area contributed by atoms with Crippen molar-refractivity contribution in [2.75, 3.05) is 20.2 Å². The zero-order valence-corrected chi connectivity index (χ0v) is 14.5. The van der Waals surface area contributed by atoms with Gasteiger partial charge in [-0.25, -0.2) is 4.79 Å². The molecular formula is C18H20ClNO5. The van der Waals surface area contributed by atoms with Crippen LogP contribution in [0.3, 0.4) is 0 Å². The van der Waals surface area contributed by atoms with Crippen LogP contribution in [0.4, 0.5) is 4.79 Å². The Labute approximate surface area is 150 Å². The number of hydrogen-bond acceptors (Lipinski definition) is 4. The molecule has 0 aromatic heterocycles. The quantitative estimate of drug-likeness (QED) is 0.700. The van der Waals surface area contributed by atoms with Gasteiger partial charge in [0, 0.05) is 11.6 Å². The van der Waals surface area contributed by atoms with E-state index in [1.54, 1.807) is 36.4 Å². The van der Waals surface area contributed by atoms with Gasteiger partial charge in [0.1, 0.15) is 0 Å². The van der Waals surface area contributed by atoms with Crippen LogP contribution >= 0.6 is 11.6 Å². The minimum absolute atomic E-state index is 0.0257. The Kier molecular flexibility index (Phi) is 6.50. The highest BCUT2D eigenvalue weighted by molar-refractivity contribution is 6.30. The van der Waals surface area contributed by atoms with Crippen molar-refractivity contribution in [3.8, 4) is 11.5 Å². The number of halogens is 1. The molecule has 0 saturated carbocycles. The number of benzene rings is 2. The number of nitrogens with zero attached hydrogens (tertiary/aromatic N) is 1. The molecule has 0 saturated heterocycles. The lowest BCUT2D eigenvalue weighted by Gasteiger charge is -2.23. The lowest BCUT2D eigenvalue weighted by molar-refractivity contribution is 0.0973. The highest BCUT2D eigenvalue weighted by Gasteiger charge is 2.18. The Morgan fingerprint density at radius 3 is 2.68 bits per heavy atom. The van der Waals surface area contributed by atoms with Gasteiger partial charge >= 0.3 is 6.09 Å². The average Bonchev–Trinajstić information content (AvgIpc) is 2.59. The number of carbonyl (C=O) groups is 1. The smallest absolute Gasteiger partial charge is 0.407 e. The summed E-state index contributed by atoms with van der Waals surface area (Å²) < 4.78 is 5.04. The fourth-order valence-electron chi connectivity index (χ4n) is 2.43. The minimum Gasteiger partial charge on any atom is -0.504 e. The van der Waals surface area contributed by atoms with Gasteiger partial charge < -0.3 is 25.0 Å². The van der Waals surface area contributed by atoms with Gasteiger partial charge in [0.25, 0.3) is 0 Å². The molecule has 7 heteroatoms. The van der Waals surface area contributed by atoms with Gasteiger partial charge in [0.15, 0.2) is 11.5 Å². The van der Waals surface area contributed by atoms with Crippen LogP contribution in [0.2, 0.25) is 5.02 Å². The second-order valence-electron chi connectivity index (χ2n) is 5.56. The molecule has 0 spiro atoms. The van der Waals surface area contributed by atoms with Gasteiger partial charge in [0.2, 0.25) is 0 Å². The Balaban J connectivity index is 2.02. The summed E-state index contributed by atoms with van der Waals surface area (Å²) >= 11 is 5.90. The summed E-state index contributed by atoms with van der Waals surface area (Å²) in [6.07, 6.45) is -1.67. The van der Waals surface area contributed by atoms with Crippen molar-refractivity contribution in [3.63, 3.8) is 0 Å². The second-order valence-corrected chi connectivity index (χ2v) is 5.99. The first-order valence-corrected chi connectivity index (χ1v) is 8.05. The van der Waals surface area contributed by atoms with Crippen molar-refractivity contribution in [2.45, 2.75) is 12.5 Å². The molecule has 25 heavy (non-hydrogen) atoms. The molecule has 0 unspecified atom stereocenters. The van der Waals surface area contributed by atoms with Crippen molar-refractivity contribution in [3.05, 3.63) is 58.6 Å². The molecule has 1 atom stereocenters. The zero-order chi connectivity index (χ0) is 18.4. The van der Waals surface area contributed by atoms with Crippen LogP contribution in [-0.2, 0) is 6.42 Å². The number of methoxy groups -OCH3 is 1. The number of phenolic OH excluding ortho intramolecular Hbond substituents is 1. The van der Waals surface area contributed by atoms with Crippen molar-refractivity contribution in [1.29, 1.82) is 0 Å². The molecule has 2 aromatic rings.